The molecule has 2 aromatic carbocycles. The van der Waals surface area contributed by atoms with E-state index in [0.29, 0.717) is 31.2 Å². The fourth-order valence-electron chi connectivity index (χ4n) is 2.78. The van der Waals surface area contributed by atoms with Gasteiger partial charge in [-0.15, -0.1) is 12.4 Å². The lowest BCUT2D eigenvalue weighted by Crippen LogP contribution is -2.45. The Kier molecular flexibility index (Phi) is 7.72. The zero-order valence-electron chi connectivity index (χ0n) is 13.9. The van der Waals surface area contributed by atoms with Gasteiger partial charge in [0.25, 0.3) is 0 Å². The number of halogens is 2. The third kappa shape index (κ3) is 5.72. The lowest BCUT2D eigenvalue weighted by atomic mass is 10.1. The highest BCUT2D eigenvalue weighted by molar-refractivity contribution is 6.30. The van der Waals surface area contributed by atoms with Crippen LogP contribution >= 0.6 is 24.0 Å². The first-order valence-corrected chi connectivity index (χ1v) is 8.51. The van der Waals surface area contributed by atoms with E-state index in [0.717, 1.165) is 17.8 Å². The molecule has 1 amide bonds. The number of rotatable bonds is 5. The minimum absolute atomic E-state index is 0. The molecule has 0 spiro atoms. The molecular weight excluding hydrogens is 359 g/mol. The molecule has 0 aliphatic carbocycles. The third-order valence-electron chi connectivity index (χ3n) is 4.04. The Balaban J connectivity index is 0.00000225. The quantitative estimate of drug-likeness (QED) is 0.859. The molecule has 1 aliphatic heterocycles. The Morgan fingerprint density at radius 1 is 1.16 bits per heavy atom. The highest BCUT2D eigenvalue weighted by Crippen LogP contribution is 2.20. The van der Waals surface area contributed by atoms with Crippen molar-refractivity contribution in [1.29, 1.82) is 0 Å². The van der Waals surface area contributed by atoms with Crippen LogP contribution in [0.1, 0.15) is 12.0 Å². The van der Waals surface area contributed by atoms with Crippen molar-refractivity contribution in [3.05, 3.63) is 65.2 Å². The summed E-state index contributed by atoms with van der Waals surface area (Å²) in [6, 6.07) is 17.4. The zero-order chi connectivity index (χ0) is 16.8. The first-order valence-electron chi connectivity index (χ1n) is 8.13. The zero-order valence-corrected chi connectivity index (χ0v) is 15.4. The molecule has 1 fully saturated rings. The van der Waals surface area contributed by atoms with E-state index < -0.39 is 0 Å². The summed E-state index contributed by atoms with van der Waals surface area (Å²) in [6.07, 6.45) is 0.419. The van der Waals surface area contributed by atoms with Crippen molar-refractivity contribution in [2.45, 2.75) is 19.0 Å². The maximum Gasteiger partial charge on any atom is 0.228 e. The largest absolute Gasteiger partial charge is 0.378 e. The molecule has 134 valence electrons. The molecule has 0 bridgehead atoms. The van der Waals surface area contributed by atoms with Gasteiger partial charge in [-0.2, -0.15) is 0 Å². The fraction of sp³-hybridized carbons (Fsp3) is 0.316. The molecule has 25 heavy (non-hydrogen) atoms. The van der Waals surface area contributed by atoms with Gasteiger partial charge in [0.2, 0.25) is 5.91 Å². The molecule has 1 atom stereocenters. The summed E-state index contributed by atoms with van der Waals surface area (Å²) < 4.78 is 5.45. The second-order valence-corrected chi connectivity index (χ2v) is 6.31. The summed E-state index contributed by atoms with van der Waals surface area (Å²) in [4.78, 5) is 14.7. The Bertz CT molecular complexity index is 659. The average molecular weight is 381 g/mol. The lowest BCUT2D eigenvalue weighted by molar-refractivity contribution is -0.119. The van der Waals surface area contributed by atoms with Crippen molar-refractivity contribution in [3.8, 4) is 0 Å². The average Bonchev–Trinajstić information content (AvgIpc) is 2.63. The van der Waals surface area contributed by atoms with Crippen LogP contribution in [0.4, 0.5) is 5.69 Å². The summed E-state index contributed by atoms with van der Waals surface area (Å²) >= 11 is 5.95. The van der Waals surface area contributed by atoms with Gasteiger partial charge in [-0.1, -0.05) is 41.9 Å². The molecule has 6 heteroatoms. The maximum absolute atomic E-state index is 12.9. The summed E-state index contributed by atoms with van der Waals surface area (Å²) in [5, 5.41) is 4.03. The molecule has 0 aromatic heterocycles. The molecule has 1 saturated heterocycles. The standard InChI is InChI=1S/C19H21ClN2O2.ClH/c20-16-8-6-15(7-9-16)13-22(18-4-2-1-3-5-18)19(23)12-17-14-24-11-10-21-17;/h1-9,17,21H,10-14H2;1H. The summed E-state index contributed by atoms with van der Waals surface area (Å²) in [5.74, 6) is 0.0825. The Morgan fingerprint density at radius 2 is 1.88 bits per heavy atom. The Labute approximate surface area is 159 Å². The van der Waals surface area contributed by atoms with E-state index in [1.54, 1.807) is 0 Å². The van der Waals surface area contributed by atoms with Crippen LogP contribution in [0.15, 0.2) is 54.6 Å². The SMILES string of the molecule is Cl.O=C(CC1COCCN1)N(Cc1ccc(Cl)cc1)c1ccccc1. The minimum Gasteiger partial charge on any atom is -0.378 e. The number of nitrogens with one attached hydrogen (secondary N) is 1. The van der Waals surface area contributed by atoms with Gasteiger partial charge in [0, 0.05) is 29.7 Å². The van der Waals surface area contributed by atoms with Crippen molar-refractivity contribution in [2.75, 3.05) is 24.7 Å². The first-order chi connectivity index (χ1) is 11.7. The van der Waals surface area contributed by atoms with Crippen LogP contribution in [0.2, 0.25) is 5.02 Å². The molecule has 2 aromatic rings. The van der Waals surface area contributed by atoms with Crippen LogP contribution in [0.5, 0.6) is 0 Å². The van der Waals surface area contributed by atoms with E-state index in [4.69, 9.17) is 16.3 Å². The molecule has 1 aliphatic rings. The van der Waals surface area contributed by atoms with Gasteiger partial charge in [0.1, 0.15) is 0 Å². The normalized spacial score (nSPS) is 16.8. The van der Waals surface area contributed by atoms with Crippen molar-refractivity contribution >= 4 is 35.6 Å². The van der Waals surface area contributed by atoms with E-state index in [2.05, 4.69) is 5.32 Å². The fourth-order valence-corrected chi connectivity index (χ4v) is 2.90. The van der Waals surface area contributed by atoms with Gasteiger partial charge in [-0.25, -0.2) is 0 Å². The summed E-state index contributed by atoms with van der Waals surface area (Å²) in [5.41, 5.74) is 1.94. The second-order valence-electron chi connectivity index (χ2n) is 5.87. The van der Waals surface area contributed by atoms with Gasteiger partial charge in [0.05, 0.1) is 19.8 Å². The van der Waals surface area contributed by atoms with Gasteiger partial charge in [-0.05, 0) is 29.8 Å². The number of ether oxygens (including phenoxy) is 1. The van der Waals surface area contributed by atoms with Crippen LogP contribution in [-0.2, 0) is 16.1 Å². The number of anilines is 1. The molecule has 1 unspecified atom stereocenters. The van der Waals surface area contributed by atoms with Crippen molar-refractivity contribution in [3.63, 3.8) is 0 Å². The Hall–Kier alpha value is -1.59. The van der Waals surface area contributed by atoms with Crippen LogP contribution < -0.4 is 10.2 Å². The number of hydrogen-bond acceptors (Lipinski definition) is 3. The summed E-state index contributed by atoms with van der Waals surface area (Å²) in [7, 11) is 0. The predicted molar refractivity (Wildman–Crippen MR) is 104 cm³/mol. The number of nitrogens with zero attached hydrogens (tertiary/aromatic N) is 1. The van der Waals surface area contributed by atoms with E-state index in [9.17, 15) is 4.79 Å². The number of carbonyl (C=O) groups excluding carboxylic acids is 1. The van der Waals surface area contributed by atoms with Crippen LogP contribution in [0.3, 0.4) is 0 Å². The first kappa shape index (κ1) is 19.7. The number of carbonyl (C=O) groups is 1. The monoisotopic (exact) mass is 380 g/mol. The topological polar surface area (TPSA) is 41.6 Å². The van der Waals surface area contributed by atoms with Gasteiger partial charge in [0.15, 0.2) is 0 Å². The van der Waals surface area contributed by atoms with Crippen LogP contribution in [0, 0.1) is 0 Å². The molecular formula is C19H22Cl2N2O2. The predicted octanol–water partition coefficient (Wildman–Crippen LogP) is 3.67. The highest BCUT2D eigenvalue weighted by Gasteiger charge is 2.22. The van der Waals surface area contributed by atoms with Gasteiger partial charge < -0.3 is 15.0 Å². The van der Waals surface area contributed by atoms with Crippen molar-refractivity contribution in [2.24, 2.45) is 0 Å². The van der Waals surface area contributed by atoms with E-state index in [1.807, 2.05) is 59.5 Å². The maximum atomic E-state index is 12.9. The third-order valence-corrected chi connectivity index (χ3v) is 4.29. The Morgan fingerprint density at radius 3 is 2.52 bits per heavy atom. The molecule has 4 nitrogen and oxygen atoms in total. The lowest BCUT2D eigenvalue weighted by Gasteiger charge is -2.28. The number of para-hydroxylation sites is 1. The van der Waals surface area contributed by atoms with Gasteiger partial charge >= 0.3 is 0 Å². The van der Waals surface area contributed by atoms with Gasteiger partial charge in [-0.3, -0.25) is 4.79 Å². The van der Waals surface area contributed by atoms with Crippen molar-refractivity contribution in [1.82, 2.24) is 5.32 Å². The number of benzene rings is 2. The van der Waals surface area contributed by atoms with E-state index >= 15 is 0 Å². The van der Waals surface area contributed by atoms with Crippen LogP contribution in [-0.4, -0.2) is 31.7 Å². The summed E-state index contributed by atoms with van der Waals surface area (Å²) in [6.45, 7) is 2.60. The van der Waals surface area contributed by atoms with E-state index in [1.165, 1.54) is 0 Å². The van der Waals surface area contributed by atoms with Crippen LogP contribution in [0.25, 0.3) is 0 Å². The number of amides is 1. The molecule has 1 N–H and O–H groups in total. The van der Waals surface area contributed by atoms with Crippen molar-refractivity contribution < 1.29 is 9.53 Å². The minimum atomic E-state index is 0. The molecule has 0 radical (unpaired) electrons. The molecule has 1 heterocycles. The smallest absolute Gasteiger partial charge is 0.228 e. The molecule has 3 rings (SSSR count). The van der Waals surface area contributed by atoms with E-state index in [-0.39, 0.29) is 24.4 Å². The number of hydrogen-bond donors (Lipinski definition) is 1. The highest BCUT2D eigenvalue weighted by atomic mass is 35.5. The second kappa shape index (κ2) is 9.78. The number of morpholine rings is 1. The molecule has 0 saturated carbocycles.